The van der Waals surface area contributed by atoms with E-state index in [1.54, 1.807) is 0 Å². The lowest BCUT2D eigenvalue weighted by Crippen LogP contribution is -2.41. The summed E-state index contributed by atoms with van der Waals surface area (Å²) in [5.41, 5.74) is 6.08. The zero-order valence-electron chi connectivity index (χ0n) is 13.2. The average molecular weight is 418 g/mol. The van der Waals surface area contributed by atoms with E-state index in [1.807, 2.05) is 0 Å². The minimum atomic E-state index is 0. The number of aliphatic imine (C=N–C) groups is 1. The molecule has 1 saturated heterocycles. The Morgan fingerprint density at radius 1 is 1.00 bits per heavy atom. The Balaban J connectivity index is 0.00000176. The van der Waals surface area contributed by atoms with Crippen LogP contribution < -0.4 is 5.73 Å². The minimum absolute atomic E-state index is 0. The lowest BCUT2D eigenvalue weighted by atomic mass is 10.1. The smallest absolute Gasteiger partial charge is 0.191 e. The Bertz CT molecular complexity index is 492. The first-order valence-corrected chi connectivity index (χ1v) is 8.30. The molecule has 2 aliphatic rings. The van der Waals surface area contributed by atoms with E-state index < -0.39 is 0 Å². The van der Waals surface area contributed by atoms with E-state index in [0.29, 0.717) is 12.5 Å². The molecule has 1 aromatic heterocycles. The molecule has 3 rings (SSSR count). The van der Waals surface area contributed by atoms with Gasteiger partial charge >= 0.3 is 0 Å². The summed E-state index contributed by atoms with van der Waals surface area (Å²) in [6, 6.07) is 0. The van der Waals surface area contributed by atoms with Gasteiger partial charge in [-0.05, 0) is 32.1 Å². The normalized spacial score (nSPS) is 19.3. The highest BCUT2D eigenvalue weighted by atomic mass is 127. The Kier molecular flexibility index (Phi) is 6.91. The third kappa shape index (κ3) is 4.33. The second kappa shape index (κ2) is 8.69. The number of guanidine groups is 1. The van der Waals surface area contributed by atoms with Crippen molar-refractivity contribution in [3.63, 3.8) is 0 Å². The number of aryl methyl sites for hydroxylation is 1. The molecular weight excluding hydrogens is 391 g/mol. The van der Waals surface area contributed by atoms with Crippen LogP contribution in [-0.2, 0) is 19.4 Å². The molecule has 0 spiro atoms. The largest absolute Gasteiger partial charge is 0.370 e. The minimum Gasteiger partial charge on any atom is -0.370 e. The number of halogens is 1. The molecule has 124 valence electrons. The lowest BCUT2D eigenvalue weighted by Gasteiger charge is -2.27. The van der Waals surface area contributed by atoms with Crippen molar-refractivity contribution in [1.29, 1.82) is 0 Å². The van der Waals surface area contributed by atoms with E-state index in [0.717, 1.165) is 44.1 Å². The van der Waals surface area contributed by atoms with Crippen molar-refractivity contribution in [3.8, 4) is 0 Å². The monoisotopic (exact) mass is 418 g/mol. The van der Waals surface area contributed by atoms with Gasteiger partial charge in [-0.15, -0.1) is 34.2 Å². The zero-order chi connectivity index (χ0) is 14.5. The molecule has 0 amide bonds. The fraction of sp³-hybridized carbons (Fsp3) is 0.800. The summed E-state index contributed by atoms with van der Waals surface area (Å²) in [5, 5.41) is 8.67. The highest BCUT2D eigenvalue weighted by molar-refractivity contribution is 14.0. The van der Waals surface area contributed by atoms with Crippen molar-refractivity contribution in [2.24, 2.45) is 10.7 Å². The molecular formula is C15H27IN6. The quantitative estimate of drug-likeness (QED) is 0.463. The zero-order valence-corrected chi connectivity index (χ0v) is 15.5. The number of hydrogen-bond donors (Lipinski definition) is 1. The maximum atomic E-state index is 6.08. The molecule has 3 heterocycles. The van der Waals surface area contributed by atoms with E-state index in [-0.39, 0.29) is 24.0 Å². The van der Waals surface area contributed by atoms with Crippen molar-refractivity contribution in [1.82, 2.24) is 19.7 Å². The van der Waals surface area contributed by atoms with E-state index in [1.165, 1.54) is 38.5 Å². The molecule has 0 atom stereocenters. The van der Waals surface area contributed by atoms with Crippen LogP contribution in [0.3, 0.4) is 0 Å². The topological polar surface area (TPSA) is 72.3 Å². The molecule has 0 bridgehead atoms. The Labute approximate surface area is 149 Å². The fourth-order valence-electron chi connectivity index (χ4n) is 3.22. The number of rotatable bonds is 3. The lowest BCUT2D eigenvalue weighted by molar-refractivity contribution is 0.338. The first-order valence-electron chi connectivity index (χ1n) is 8.30. The van der Waals surface area contributed by atoms with Crippen molar-refractivity contribution in [3.05, 3.63) is 11.6 Å². The van der Waals surface area contributed by atoms with Crippen molar-refractivity contribution >= 4 is 29.9 Å². The Morgan fingerprint density at radius 3 is 2.55 bits per heavy atom. The van der Waals surface area contributed by atoms with Gasteiger partial charge in [0.15, 0.2) is 5.96 Å². The molecule has 0 saturated carbocycles. The van der Waals surface area contributed by atoms with Crippen LogP contribution in [0.5, 0.6) is 0 Å². The molecule has 0 aromatic carbocycles. The number of aromatic nitrogens is 3. The average Bonchev–Trinajstić information content (AvgIpc) is 2.76. The van der Waals surface area contributed by atoms with Gasteiger partial charge in [-0.2, -0.15) is 0 Å². The van der Waals surface area contributed by atoms with Crippen molar-refractivity contribution in [2.45, 2.75) is 57.9 Å². The van der Waals surface area contributed by atoms with Gasteiger partial charge in [0, 0.05) is 39.0 Å². The van der Waals surface area contributed by atoms with Crippen LogP contribution in [0, 0.1) is 0 Å². The van der Waals surface area contributed by atoms with Gasteiger partial charge in [-0.1, -0.05) is 6.42 Å². The van der Waals surface area contributed by atoms with Crippen LogP contribution in [0.25, 0.3) is 0 Å². The number of likely N-dealkylation sites (tertiary alicyclic amines) is 1. The summed E-state index contributed by atoms with van der Waals surface area (Å²) in [6.45, 7) is 3.87. The molecule has 0 radical (unpaired) electrons. The van der Waals surface area contributed by atoms with Crippen molar-refractivity contribution < 1.29 is 0 Å². The second-order valence-electron chi connectivity index (χ2n) is 6.03. The van der Waals surface area contributed by atoms with Gasteiger partial charge < -0.3 is 15.2 Å². The van der Waals surface area contributed by atoms with Gasteiger partial charge in [0.1, 0.15) is 11.6 Å². The van der Waals surface area contributed by atoms with Crippen LogP contribution in [0.2, 0.25) is 0 Å². The summed E-state index contributed by atoms with van der Waals surface area (Å²) in [4.78, 5) is 6.74. The first-order chi connectivity index (χ1) is 10.3. The third-order valence-corrected chi connectivity index (χ3v) is 4.48. The predicted octanol–water partition coefficient (Wildman–Crippen LogP) is 1.97. The highest BCUT2D eigenvalue weighted by Crippen LogP contribution is 2.14. The van der Waals surface area contributed by atoms with E-state index in [9.17, 15) is 0 Å². The Hall–Kier alpha value is -0.860. The summed E-state index contributed by atoms with van der Waals surface area (Å²) in [6.07, 6.45) is 9.43. The molecule has 0 unspecified atom stereocenters. The molecule has 7 heteroatoms. The number of hydrogen-bond acceptors (Lipinski definition) is 3. The van der Waals surface area contributed by atoms with Crippen LogP contribution in [0.15, 0.2) is 4.99 Å². The SMILES string of the molecule is I.NC(=NCCc1nnc2n1CCCCC2)N1CCCCC1. The van der Waals surface area contributed by atoms with Gasteiger partial charge in [-0.25, -0.2) is 0 Å². The van der Waals surface area contributed by atoms with Crippen molar-refractivity contribution in [2.75, 3.05) is 19.6 Å². The van der Waals surface area contributed by atoms with Gasteiger partial charge in [0.05, 0.1) is 0 Å². The molecule has 1 fully saturated rings. The molecule has 2 N–H and O–H groups in total. The number of nitrogens with two attached hydrogens (primary N) is 1. The fourth-order valence-corrected chi connectivity index (χ4v) is 3.22. The number of nitrogens with zero attached hydrogens (tertiary/aromatic N) is 5. The maximum absolute atomic E-state index is 6.08. The van der Waals surface area contributed by atoms with Crippen LogP contribution in [-0.4, -0.2) is 45.3 Å². The molecule has 22 heavy (non-hydrogen) atoms. The van der Waals surface area contributed by atoms with Crippen LogP contribution >= 0.6 is 24.0 Å². The van der Waals surface area contributed by atoms with E-state index in [4.69, 9.17) is 5.73 Å². The van der Waals surface area contributed by atoms with Gasteiger partial charge in [0.25, 0.3) is 0 Å². The first kappa shape index (κ1) is 17.5. The van der Waals surface area contributed by atoms with Crippen LogP contribution in [0.4, 0.5) is 0 Å². The summed E-state index contributed by atoms with van der Waals surface area (Å²) >= 11 is 0. The van der Waals surface area contributed by atoms with E-state index in [2.05, 4.69) is 24.7 Å². The number of piperidine rings is 1. The number of fused-ring (bicyclic) bond motifs is 1. The van der Waals surface area contributed by atoms with E-state index >= 15 is 0 Å². The Morgan fingerprint density at radius 2 is 1.73 bits per heavy atom. The highest BCUT2D eigenvalue weighted by Gasteiger charge is 2.15. The maximum Gasteiger partial charge on any atom is 0.191 e. The summed E-state index contributed by atoms with van der Waals surface area (Å²) in [5.74, 6) is 2.92. The molecule has 6 nitrogen and oxygen atoms in total. The molecule has 0 aliphatic carbocycles. The second-order valence-corrected chi connectivity index (χ2v) is 6.03. The summed E-state index contributed by atoms with van der Waals surface area (Å²) < 4.78 is 2.29. The summed E-state index contributed by atoms with van der Waals surface area (Å²) in [7, 11) is 0. The molecule has 2 aliphatic heterocycles. The van der Waals surface area contributed by atoms with Gasteiger partial charge in [0.2, 0.25) is 0 Å². The predicted molar refractivity (Wildman–Crippen MR) is 98.6 cm³/mol. The third-order valence-electron chi connectivity index (χ3n) is 4.48. The standard InChI is InChI=1S/C15H26N6.HI/c16-15(20-10-4-2-5-11-20)17-9-8-14-19-18-13-7-3-1-6-12-21(13)14;/h1-12H2,(H2,16,17);1H. The molecule has 1 aromatic rings. The van der Waals surface area contributed by atoms with Gasteiger partial charge in [-0.3, -0.25) is 4.99 Å². The van der Waals surface area contributed by atoms with Crippen LogP contribution in [0.1, 0.15) is 50.2 Å².